The molecule has 3 aromatic rings. The maximum absolute atomic E-state index is 12.5. The molecule has 1 atom stereocenters. The third-order valence-electron chi connectivity index (χ3n) is 4.79. The zero-order chi connectivity index (χ0) is 21.1. The minimum absolute atomic E-state index is 0.0378. The predicted octanol–water partition coefficient (Wildman–Crippen LogP) is 1.53. The fourth-order valence-corrected chi connectivity index (χ4v) is 3.71. The molecule has 11 heteroatoms. The molecule has 10 nitrogen and oxygen atoms in total. The van der Waals surface area contributed by atoms with Crippen LogP contribution in [0, 0.1) is 12.8 Å². The van der Waals surface area contributed by atoms with Crippen molar-refractivity contribution in [3.63, 3.8) is 0 Å². The van der Waals surface area contributed by atoms with E-state index in [-0.39, 0.29) is 24.2 Å². The van der Waals surface area contributed by atoms with Gasteiger partial charge in [0.25, 0.3) is 5.89 Å². The molecule has 0 bridgehead atoms. The van der Waals surface area contributed by atoms with Crippen molar-refractivity contribution in [1.29, 1.82) is 0 Å². The summed E-state index contributed by atoms with van der Waals surface area (Å²) in [5.41, 5.74) is 1.31. The van der Waals surface area contributed by atoms with Crippen molar-refractivity contribution < 1.29 is 14.1 Å². The predicted molar refractivity (Wildman–Crippen MR) is 110 cm³/mol. The summed E-state index contributed by atoms with van der Waals surface area (Å²) in [6.07, 6.45) is 3.88. The van der Waals surface area contributed by atoms with Gasteiger partial charge in [0.05, 0.1) is 18.7 Å². The zero-order valence-corrected chi connectivity index (χ0v) is 17.4. The molecule has 156 valence electrons. The molecule has 0 radical (unpaired) electrons. The third kappa shape index (κ3) is 4.35. The second-order valence-corrected chi connectivity index (χ2v) is 7.79. The Labute approximate surface area is 177 Å². The lowest BCUT2D eigenvalue weighted by Gasteiger charge is -2.17. The van der Waals surface area contributed by atoms with E-state index in [2.05, 4.69) is 25.8 Å². The topological polar surface area (TPSA) is 119 Å². The molecule has 0 unspecified atom stereocenters. The fourth-order valence-electron chi connectivity index (χ4n) is 3.26. The van der Waals surface area contributed by atoms with E-state index in [1.165, 1.54) is 0 Å². The van der Waals surface area contributed by atoms with Gasteiger partial charge in [0.1, 0.15) is 0 Å². The third-order valence-corrected chi connectivity index (χ3v) is 5.51. The number of aromatic nitrogens is 5. The first-order valence-electron chi connectivity index (χ1n) is 9.46. The van der Waals surface area contributed by atoms with Gasteiger partial charge in [0, 0.05) is 30.1 Å². The van der Waals surface area contributed by atoms with Crippen LogP contribution >= 0.6 is 11.8 Å². The lowest BCUT2D eigenvalue weighted by Crippen LogP contribution is -2.34. The standard InChI is InChI=1S/C19H21N7O3S/c1-12-21-19(29-23-12)16-11-25(24-22-16)7-6-20-18(28)13-8-17(27)26(10-13)14-4-3-5-15(9-14)30-2/h3-5,9,11,13H,6-8,10H2,1-2H3,(H,20,28)/t13-/m1/s1. The van der Waals surface area contributed by atoms with Crippen LogP contribution in [0.1, 0.15) is 12.2 Å². The first-order valence-corrected chi connectivity index (χ1v) is 10.7. The Hall–Kier alpha value is -3.21. The Kier molecular flexibility index (Phi) is 5.79. The van der Waals surface area contributed by atoms with Crippen molar-refractivity contribution in [3.05, 3.63) is 36.3 Å². The Morgan fingerprint density at radius 2 is 2.27 bits per heavy atom. The SMILES string of the molecule is CSc1cccc(N2C[C@H](C(=O)NCCn3cc(-c4nc(C)no4)nn3)CC2=O)c1. The number of nitrogens with zero attached hydrogens (tertiary/aromatic N) is 6. The smallest absolute Gasteiger partial charge is 0.280 e. The molecule has 0 saturated carbocycles. The number of thioether (sulfide) groups is 1. The summed E-state index contributed by atoms with van der Waals surface area (Å²) in [7, 11) is 0. The van der Waals surface area contributed by atoms with Crippen LogP contribution in [-0.4, -0.2) is 56.3 Å². The van der Waals surface area contributed by atoms with E-state index in [9.17, 15) is 9.59 Å². The van der Waals surface area contributed by atoms with Crippen molar-refractivity contribution in [3.8, 4) is 11.6 Å². The molecular weight excluding hydrogens is 406 g/mol. The van der Waals surface area contributed by atoms with Crippen molar-refractivity contribution in [2.45, 2.75) is 24.8 Å². The van der Waals surface area contributed by atoms with E-state index in [1.807, 2.05) is 30.5 Å². The number of anilines is 1. The summed E-state index contributed by atoms with van der Waals surface area (Å²) >= 11 is 1.62. The summed E-state index contributed by atoms with van der Waals surface area (Å²) in [4.78, 5) is 31.8. The van der Waals surface area contributed by atoms with Gasteiger partial charge in [-0.05, 0) is 31.4 Å². The van der Waals surface area contributed by atoms with Crippen LogP contribution in [-0.2, 0) is 16.1 Å². The van der Waals surface area contributed by atoms with Crippen LogP contribution in [0.4, 0.5) is 5.69 Å². The Morgan fingerprint density at radius 1 is 1.40 bits per heavy atom. The highest BCUT2D eigenvalue weighted by molar-refractivity contribution is 7.98. The van der Waals surface area contributed by atoms with Crippen LogP contribution in [0.2, 0.25) is 0 Å². The van der Waals surface area contributed by atoms with Crippen LogP contribution in [0.3, 0.4) is 0 Å². The minimum Gasteiger partial charge on any atom is -0.354 e. The Balaban J connectivity index is 1.29. The molecule has 1 aliphatic rings. The minimum atomic E-state index is -0.372. The molecule has 1 aromatic carbocycles. The number of hydrogen-bond acceptors (Lipinski definition) is 8. The number of carbonyl (C=O) groups excluding carboxylic acids is 2. The second-order valence-electron chi connectivity index (χ2n) is 6.91. The molecule has 1 fully saturated rings. The van der Waals surface area contributed by atoms with Crippen LogP contribution in [0.15, 0.2) is 39.9 Å². The van der Waals surface area contributed by atoms with Gasteiger partial charge in [0.15, 0.2) is 11.5 Å². The summed E-state index contributed by atoms with van der Waals surface area (Å²) in [5.74, 6) is 0.275. The lowest BCUT2D eigenvalue weighted by molar-refractivity contribution is -0.126. The molecule has 3 heterocycles. The largest absolute Gasteiger partial charge is 0.354 e. The van der Waals surface area contributed by atoms with Gasteiger partial charge in [-0.1, -0.05) is 16.4 Å². The molecular formula is C19H21N7O3S. The molecule has 2 amide bonds. The van der Waals surface area contributed by atoms with Gasteiger partial charge in [0.2, 0.25) is 11.8 Å². The summed E-state index contributed by atoms with van der Waals surface area (Å²) in [6.45, 7) is 2.91. The van der Waals surface area contributed by atoms with Crippen LogP contribution < -0.4 is 10.2 Å². The molecule has 0 spiro atoms. The Bertz CT molecular complexity index is 1060. The summed E-state index contributed by atoms with van der Waals surface area (Å²) in [6, 6.07) is 7.78. The first kappa shape index (κ1) is 20.1. The maximum Gasteiger partial charge on any atom is 0.280 e. The van der Waals surface area contributed by atoms with E-state index in [0.29, 0.717) is 37.0 Å². The van der Waals surface area contributed by atoms with E-state index in [0.717, 1.165) is 10.6 Å². The number of nitrogens with one attached hydrogen (secondary N) is 1. The quantitative estimate of drug-likeness (QED) is 0.564. The molecule has 1 N–H and O–H groups in total. The highest BCUT2D eigenvalue weighted by atomic mass is 32.2. The number of aryl methyl sites for hydroxylation is 1. The van der Waals surface area contributed by atoms with E-state index < -0.39 is 0 Å². The van der Waals surface area contributed by atoms with Gasteiger partial charge < -0.3 is 14.7 Å². The molecule has 2 aromatic heterocycles. The van der Waals surface area contributed by atoms with Crippen LogP contribution in [0.25, 0.3) is 11.6 Å². The van der Waals surface area contributed by atoms with E-state index >= 15 is 0 Å². The average molecular weight is 427 g/mol. The first-order chi connectivity index (χ1) is 14.5. The fraction of sp³-hybridized carbons (Fsp3) is 0.368. The van der Waals surface area contributed by atoms with Gasteiger partial charge in [-0.15, -0.1) is 16.9 Å². The van der Waals surface area contributed by atoms with Gasteiger partial charge >= 0.3 is 0 Å². The second kappa shape index (κ2) is 8.66. The van der Waals surface area contributed by atoms with E-state index in [1.54, 1.807) is 34.5 Å². The number of rotatable bonds is 7. The van der Waals surface area contributed by atoms with Crippen molar-refractivity contribution in [1.82, 2.24) is 30.5 Å². The van der Waals surface area contributed by atoms with Crippen molar-refractivity contribution in [2.24, 2.45) is 5.92 Å². The van der Waals surface area contributed by atoms with E-state index in [4.69, 9.17) is 4.52 Å². The Morgan fingerprint density at radius 3 is 3.03 bits per heavy atom. The molecule has 1 aliphatic heterocycles. The molecule has 4 rings (SSSR count). The van der Waals surface area contributed by atoms with Crippen molar-refractivity contribution >= 4 is 29.3 Å². The number of carbonyl (C=O) groups is 2. The molecule has 1 saturated heterocycles. The summed E-state index contributed by atoms with van der Waals surface area (Å²) in [5, 5.41) is 14.6. The highest BCUT2D eigenvalue weighted by Crippen LogP contribution is 2.28. The average Bonchev–Trinajstić information content (AvgIpc) is 3.48. The normalized spacial score (nSPS) is 16.3. The number of amides is 2. The molecule has 30 heavy (non-hydrogen) atoms. The zero-order valence-electron chi connectivity index (χ0n) is 16.6. The molecule has 0 aliphatic carbocycles. The van der Waals surface area contributed by atoms with Crippen LogP contribution in [0.5, 0.6) is 0 Å². The number of hydrogen-bond donors (Lipinski definition) is 1. The highest BCUT2D eigenvalue weighted by Gasteiger charge is 2.35. The van der Waals surface area contributed by atoms with Gasteiger partial charge in [-0.25, -0.2) is 4.68 Å². The monoisotopic (exact) mass is 427 g/mol. The maximum atomic E-state index is 12.5. The number of benzene rings is 1. The van der Waals surface area contributed by atoms with Gasteiger partial charge in [-0.3, -0.25) is 9.59 Å². The van der Waals surface area contributed by atoms with Gasteiger partial charge in [-0.2, -0.15) is 4.98 Å². The lowest BCUT2D eigenvalue weighted by atomic mass is 10.1. The van der Waals surface area contributed by atoms with Crippen molar-refractivity contribution in [2.75, 3.05) is 24.2 Å². The summed E-state index contributed by atoms with van der Waals surface area (Å²) < 4.78 is 6.65.